The Labute approximate surface area is 184 Å². The minimum absolute atomic E-state index is 0.0199. The van der Waals surface area contributed by atoms with Crippen molar-refractivity contribution in [3.05, 3.63) is 24.3 Å². The van der Waals surface area contributed by atoms with E-state index in [-0.39, 0.29) is 11.8 Å². The minimum atomic E-state index is -0.949. The Morgan fingerprint density at radius 2 is 1.80 bits per heavy atom. The van der Waals surface area contributed by atoms with E-state index in [9.17, 15) is 9.00 Å². The summed E-state index contributed by atoms with van der Waals surface area (Å²) in [4.78, 5) is 12.4. The molecule has 168 valence electrons. The Bertz CT molecular complexity index is 703. The van der Waals surface area contributed by atoms with Gasteiger partial charge in [0.2, 0.25) is 5.91 Å². The summed E-state index contributed by atoms with van der Waals surface area (Å²) in [5.74, 6) is 6.44. The van der Waals surface area contributed by atoms with Gasteiger partial charge in [0, 0.05) is 49.1 Å². The number of anilines is 2. The van der Waals surface area contributed by atoms with Gasteiger partial charge in [-0.3, -0.25) is 4.79 Å². The van der Waals surface area contributed by atoms with Crippen LogP contribution in [0, 0.1) is 23.7 Å². The standard InChI is InChI=1S/C21H31N3O3S.C2H6/c1-17(2)5-4-15-27-16-12-22-19-6-8-20(9-7-19)23-21(25)18-10-13-24(14-11-18)28(3)26;1-2/h6-9,17-18,22H,10-16H2,1-3H3,(H,23,25);1-2H3. The van der Waals surface area contributed by atoms with Gasteiger partial charge in [-0.25, -0.2) is 8.51 Å². The third-order valence-electron chi connectivity index (χ3n) is 4.48. The molecule has 2 N–H and O–H groups in total. The number of amides is 1. The van der Waals surface area contributed by atoms with Crippen LogP contribution < -0.4 is 10.6 Å². The smallest absolute Gasteiger partial charge is 0.227 e. The Morgan fingerprint density at radius 3 is 2.37 bits per heavy atom. The monoisotopic (exact) mass is 435 g/mol. The van der Waals surface area contributed by atoms with Crippen molar-refractivity contribution < 1.29 is 13.7 Å². The average molecular weight is 436 g/mol. The van der Waals surface area contributed by atoms with Crippen LogP contribution in [0.2, 0.25) is 0 Å². The molecule has 1 unspecified atom stereocenters. The van der Waals surface area contributed by atoms with Crippen LogP contribution in [0.3, 0.4) is 0 Å². The quantitative estimate of drug-likeness (QED) is 0.482. The second kappa shape index (κ2) is 15.0. The lowest BCUT2D eigenvalue weighted by Gasteiger charge is -2.29. The first-order chi connectivity index (χ1) is 14.5. The zero-order chi connectivity index (χ0) is 22.4. The summed E-state index contributed by atoms with van der Waals surface area (Å²) >= 11 is 0. The van der Waals surface area contributed by atoms with Gasteiger partial charge in [-0.2, -0.15) is 0 Å². The molecule has 1 fully saturated rings. The van der Waals surface area contributed by atoms with E-state index in [0.29, 0.717) is 38.8 Å². The van der Waals surface area contributed by atoms with Gasteiger partial charge in [-0.15, -0.1) is 0 Å². The molecular weight excluding hydrogens is 398 g/mol. The van der Waals surface area contributed by atoms with E-state index in [1.165, 1.54) is 0 Å². The molecule has 2 rings (SSSR count). The molecule has 1 saturated heterocycles. The largest absolute Gasteiger partial charge is 0.383 e. The molecule has 30 heavy (non-hydrogen) atoms. The fourth-order valence-electron chi connectivity index (χ4n) is 2.93. The molecule has 0 aromatic heterocycles. The van der Waals surface area contributed by atoms with Crippen molar-refractivity contribution >= 4 is 28.3 Å². The van der Waals surface area contributed by atoms with Gasteiger partial charge in [-0.1, -0.05) is 39.5 Å². The zero-order valence-corrected chi connectivity index (χ0v) is 19.8. The van der Waals surface area contributed by atoms with Gasteiger partial charge in [0.1, 0.15) is 6.61 Å². The molecule has 1 aliphatic heterocycles. The Morgan fingerprint density at radius 1 is 1.20 bits per heavy atom. The number of rotatable bonds is 8. The van der Waals surface area contributed by atoms with E-state index in [1.807, 2.05) is 42.4 Å². The highest BCUT2D eigenvalue weighted by Crippen LogP contribution is 2.21. The number of ether oxygens (including phenoxy) is 1. The number of hydrogen-bond donors (Lipinski definition) is 2. The third kappa shape index (κ3) is 10.2. The first kappa shape index (κ1) is 26.2. The predicted molar refractivity (Wildman–Crippen MR) is 127 cm³/mol. The number of benzene rings is 1. The van der Waals surface area contributed by atoms with E-state index in [1.54, 1.807) is 6.26 Å². The van der Waals surface area contributed by atoms with Crippen molar-refractivity contribution in [2.45, 2.75) is 40.5 Å². The summed E-state index contributed by atoms with van der Waals surface area (Å²) in [5.41, 5.74) is 1.77. The highest BCUT2D eigenvalue weighted by Gasteiger charge is 2.26. The first-order valence-corrected chi connectivity index (χ1v) is 12.3. The molecule has 1 atom stereocenters. The zero-order valence-electron chi connectivity index (χ0n) is 19.0. The third-order valence-corrected chi connectivity index (χ3v) is 5.57. The van der Waals surface area contributed by atoms with Gasteiger partial charge in [0.05, 0.1) is 17.6 Å². The molecule has 0 spiro atoms. The number of piperidine rings is 1. The first-order valence-electron chi connectivity index (χ1n) is 10.7. The summed E-state index contributed by atoms with van der Waals surface area (Å²) in [6.07, 6.45) is 3.17. The molecule has 1 heterocycles. The van der Waals surface area contributed by atoms with Gasteiger partial charge in [-0.05, 0) is 37.1 Å². The van der Waals surface area contributed by atoms with Crippen molar-refractivity contribution in [1.82, 2.24) is 4.31 Å². The van der Waals surface area contributed by atoms with Crippen LogP contribution in [0.5, 0.6) is 0 Å². The highest BCUT2D eigenvalue weighted by molar-refractivity contribution is 7.81. The normalized spacial score (nSPS) is 15.4. The van der Waals surface area contributed by atoms with Crippen LogP contribution >= 0.6 is 0 Å². The number of carbonyl (C=O) groups is 1. The second-order valence-electron chi connectivity index (χ2n) is 7.15. The minimum Gasteiger partial charge on any atom is -0.383 e. The lowest BCUT2D eigenvalue weighted by Crippen LogP contribution is -2.38. The van der Waals surface area contributed by atoms with Crippen LogP contribution in [-0.4, -0.2) is 53.5 Å². The van der Waals surface area contributed by atoms with Crippen LogP contribution in [0.25, 0.3) is 0 Å². The average Bonchev–Trinajstić information content (AvgIpc) is 2.75. The molecule has 0 aliphatic carbocycles. The number of nitrogens with zero attached hydrogens (tertiary/aromatic N) is 1. The molecule has 1 amide bonds. The van der Waals surface area contributed by atoms with Crippen LogP contribution in [0.15, 0.2) is 24.3 Å². The van der Waals surface area contributed by atoms with Crippen molar-refractivity contribution in [3.8, 4) is 11.8 Å². The molecular formula is C23H37N3O3S. The molecule has 0 radical (unpaired) electrons. The van der Waals surface area contributed by atoms with E-state index >= 15 is 0 Å². The van der Waals surface area contributed by atoms with E-state index in [0.717, 1.165) is 24.2 Å². The summed E-state index contributed by atoms with van der Waals surface area (Å²) in [6.45, 7) is 11.3. The Hall–Kier alpha value is -1.88. The van der Waals surface area contributed by atoms with Gasteiger partial charge >= 0.3 is 0 Å². The predicted octanol–water partition coefficient (Wildman–Crippen LogP) is 3.74. The van der Waals surface area contributed by atoms with Crippen LogP contribution in [-0.2, 0) is 20.5 Å². The van der Waals surface area contributed by atoms with Gasteiger partial charge < -0.3 is 15.4 Å². The van der Waals surface area contributed by atoms with Gasteiger partial charge in [0.15, 0.2) is 0 Å². The lowest BCUT2D eigenvalue weighted by molar-refractivity contribution is -0.120. The van der Waals surface area contributed by atoms with Crippen LogP contribution in [0.4, 0.5) is 11.4 Å². The summed E-state index contributed by atoms with van der Waals surface area (Å²) in [7, 11) is -0.949. The molecule has 1 aromatic rings. The molecule has 6 nitrogen and oxygen atoms in total. The number of hydrogen-bond acceptors (Lipinski definition) is 4. The second-order valence-corrected chi connectivity index (χ2v) is 8.51. The maximum atomic E-state index is 12.4. The Kier molecular flexibility index (Phi) is 13.1. The SMILES string of the molecule is CC.CC(C)C#CCOCCNc1ccc(NC(=O)C2CCN(S(C)=O)CC2)cc1. The summed E-state index contributed by atoms with van der Waals surface area (Å²) in [5, 5.41) is 6.26. The maximum absolute atomic E-state index is 12.4. The number of carbonyl (C=O) groups excluding carboxylic acids is 1. The summed E-state index contributed by atoms with van der Waals surface area (Å²) in [6, 6.07) is 7.67. The topological polar surface area (TPSA) is 70.7 Å². The fraction of sp³-hybridized carbons (Fsp3) is 0.609. The van der Waals surface area contributed by atoms with Crippen LogP contribution in [0.1, 0.15) is 40.5 Å². The summed E-state index contributed by atoms with van der Waals surface area (Å²) < 4.78 is 18.8. The van der Waals surface area contributed by atoms with E-state index in [2.05, 4.69) is 36.3 Å². The molecule has 1 aliphatic rings. The van der Waals surface area contributed by atoms with Gasteiger partial charge in [0.25, 0.3) is 0 Å². The lowest BCUT2D eigenvalue weighted by atomic mass is 9.97. The maximum Gasteiger partial charge on any atom is 0.227 e. The number of nitrogens with one attached hydrogen (secondary N) is 2. The molecule has 0 bridgehead atoms. The fourth-order valence-corrected chi connectivity index (χ4v) is 3.65. The molecule has 7 heteroatoms. The molecule has 1 aromatic carbocycles. The van der Waals surface area contributed by atoms with Crippen molar-refractivity contribution in [3.63, 3.8) is 0 Å². The van der Waals surface area contributed by atoms with Crippen molar-refractivity contribution in [2.24, 2.45) is 11.8 Å². The van der Waals surface area contributed by atoms with Crippen molar-refractivity contribution in [1.29, 1.82) is 0 Å². The van der Waals surface area contributed by atoms with E-state index < -0.39 is 11.0 Å². The molecule has 0 saturated carbocycles. The highest BCUT2D eigenvalue weighted by atomic mass is 32.2. The van der Waals surface area contributed by atoms with E-state index in [4.69, 9.17) is 4.74 Å². The Balaban J connectivity index is 0.00000218. The van der Waals surface area contributed by atoms with Crippen molar-refractivity contribution in [2.75, 3.05) is 49.7 Å².